The number of rotatable bonds is 2. The molecule has 3 rings (SSSR count). The maximum atomic E-state index is 5.46. The Morgan fingerprint density at radius 3 is 2.63 bits per heavy atom. The Labute approximate surface area is 125 Å². The van der Waals surface area contributed by atoms with Gasteiger partial charge in [-0.05, 0) is 42.9 Å². The average molecular weight is 333 g/mol. The summed E-state index contributed by atoms with van der Waals surface area (Å²) < 4.78 is 3.97. The van der Waals surface area contributed by atoms with Gasteiger partial charge in [-0.3, -0.25) is 0 Å². The molecule has 19 heavy (non-hydrogen) atoms. The van der Waals surface area contributed by atoms with E-state index in [0.717, 1.165) is 20.3 Å². The van der Waals surface area contributed by atoms with Gasteiger partial charge in [-0.25, -0.2) is 0 Å². The molecular weight excluding hydrogens is 320 g/mol. The molecule has 1 aromatic heterocycles. The number of halogens is 1. The number of H-pyrrole nitrogens is 1. The highest BCUT2D eigenvalue weighted by atomic mass is 79.9. The summed E-state index contributed by atoms with van der Waals surface area (Å²) in [5.41, 5.74) is 3.44. The molecule has 1 unspecified atom stereocenters. The molecule has 0 fully saturated rings. The SMILES string of the molecule is CC(c1ccccc1)n1c(=S)[nH]c2ccc(Br)cc21. The van der Waals surface area contributed by atoms with E-state index in [-0.39, 0.29) is 6.04 Å². The van der Waals surface area contributed by atoms with Gasteiger partial charge in [-0.2, -0.15) is 0 Å². The molecule has 0 aliphatic carbocycles. The van der Waals surface area contributed by atoms with Gasteiger partial charge in [-0.1, -0.05) is 46.3 Å². The third kappa shape index (κ3) is 2.26. The topological polar surface area (TPSA) is 20.7 Å². The third-order valence-electron chi connectivity index (χ3n) is 3.35. The average Bonchev–Trinajstić information content (AvgIpc) is 2.74. The Kier molecular flexibility index (Phi) is 3.29. The van der Waals surface area contributed by atoms with E-state index in [0.29, 0.717) is 0 Å². The molecule has 0 saturated carbocycles. The number of hydrogen-bond donors (Lipinski definition) is 1. The van der Waals surface area contributed by atoms with Crippen molar-refractivity contribution in [3.63, 3.8) is 0 Å². The van der Waals surface area contributed by atoms with Crippen molar-refractivity contribution in [2.45, 2.75) is 13.0 Å². The number of fused-ring (bicyclic) bond motifs is 1. The molecule has 0 bridgehead atoms. The fraction of sp³-hybridized carbons (Fsp3) is 0.133. The quantitative estimate of drug-likeness (QED) is 0.649. The molecule has 2 aromatic carbocycles. The van der Waals surface area contributed by atoms with Crippen molar-refractivity contribution < 1.29 is 0 Å². The van der Waals surface area contributed by atoms with Gasteiger partial charge in [0.2, 0.25) is 0 Å². The lowest BCUT2D eigenvalue weighted by molar-refractivity contribution is 0.649. The Morgan fingerprint density at radius 2 is 1.89 bits per heavy atom. The number of nitrogens with zero attached hydrogens (tertiary/aromatic N) is 1. The summed E-state index contributed by atoms with van der Waals surface area (Å²) in [6.07, 6.45) is 0. The van der Waals surface area contributed by atoms with Crippen LogP contribution in [0.3, 0.4) is 0 Å². The second-order valence-corrected chi connectivity index (χ2v) is 5.85. The molecule has 0 spiro atoms. The van der Waals surface area contributed by atoms with Gasteiger partial charge in [0.15, 0.2) is 4.77 Å². The van der Waals surface area contributed by atoms with Crippen molar-refractivity contribution in [1.29, 1.82) is 0 Å². The van der Waals surface area contributed by atoms with Gasteiger partial charge >= 0.3 is 0 Å². The van der Waals surface area contributed by atoms with Crippen molar-refractivity contribution in [3.05, 3.63) is 63.3 Å². The van der Waals surface area contributed by atoms with E-state index in [4.69, 9.17) is 12.2 Å². The van der Waals surface area contributed by atoms with Crippen LogP contribution < -0.4 is 0 Å². The number of nitrogens with one attached hydrogen (secondary N) is 1. The van der Waals surface area contributed by atoms with Crippen molar-refractivity contribution in [3.8, 4) is 0 Å². The minimum absolute atomic E-state index is 0.205. The Hall–Kier alpha value is -1.39. The zero-order valence-electron chi connectivity index (χ0n) is 10.4. The number of imidazole rings is 1. The highest BCUT2D eigenvalue weighted by molar-refractivity contribution is 9.10. The van der Waals surface area contributed by atoms with Crippen LogP contribution in [0.15, 0.2) is 53.0 Å². The van der Waals surface area contributed by atoms with Crippen LogP contribution in [-0.2, 0) is 0 Å². The van der Waals surface area contributed by atoms with Crippen LogP contribution in [0.2, 0.25) is 0 Å². The minimum atomic E-state index is 0.205. The first-order valence-electron chi connectivity index (χ1n) is 6.11. The van der Waals surface area contributed by atoms with Crippen molar-refractivity contribution >= 4 is 39.2 Å². The highest BCUT2D eigenvalue weighted by Crippen LogP contribution is 2.26. The largest absolute Gasteiger partial charge is 0.331 e. The molecule has 1 heterocycles. The van der Waals surface area contributed by atoms with E-state index >= 15 is 0 Å². The molecule has 0 saturated heterocycles. The van der Waals surface area contributed by atoms with Crippen LogP contribution in [0.4, 0.5) is 0 Å². The van der Waals surface area contributed by atoms with E-state index in [1.165, 1.54) is 5.56 Å². The molecule has 1 N–H and O–H groups in total. The first kappa shape index (κ1) is 12.6. The van der Waals surface area contributed by atoms with E-state index in [1.54, 1.807) is 0 Å². The van der Waals surface area contributed by atoms with Gasteiger partial charge in [0.25, 0.3) is 0 Å². The zero-order chi connectivity index (χ0) is 13.4. The monoisotopic (exact) mass is 332 g/mol. The molecule has 1 atom stereocenters. The van der Waals surface area contributed by atoms with Crippen molar-refractivity contribution in [2.24, 2.45) is 0 Å². The van der Waals surface area contributed by atoms with E-state index < -0.39 is 0 Å². The van der Waals surface area contributed by atoms with Crippen LogP contribution in [0.1, 0.15) is 18.5 Å². The lowest BCUT2D eigenvalue weighted by atomic mass is 10.1. The Balaban J connectivity index is 2.22. The first-order valence-corrected chi connectivity index (χ1v) is 7.31. The lowest BCUT2D eigenvalue weighted by Crippen LogP contribution is -2.06. The van der Waals surface area contributed by atoms with Crippen molar-refractivity contribution in [2.75, 3.05) is 0 Å². The molecule has 0 aliphatic rings. The smallest absolute Gasteiger partial charge is 0.178 e. The Bertz CT molecular complexity index is 774. The van der Waals surface area contributed by atoms with Gasteiger partial charge < -0.3 is 9.55 Å². The zero-order valence-corrected chi connectivity index (χ0v) is 12.8. The number of hydrogen-bond acceptors (Lipinski definition) is 1. The molecule has 0 amide bonds. The van der Waals surface area contributed by atoms with Gasteiger partial charge in [0.1, 0.15) is 0 Å². The van der Waals surface area contributed by atoms with E-state index in [1.807, 2.05) is 18.2 Å². The summed E-state index contributed by atoms with van der Waals surface area (Å²) in [4.78, 5) is 3.26. The molecule has 3 aromatic rings. The van der Waals surface area contributed by atoms with Crippen LogP contribution >= 0.6 is 28.1 Å². The highest BCUT2D eigenvalue weighted by Gasteiger charge is 2.12. The maximum Gasteiger partial charge on any atom is 0.178 e. The van der Waals surface area contributed by atoms with Crippen molar-refractivity contribution in [1.82, 2.24) is 9.55 Å². The van der Waals surface area contributed by atoms with Crippen LogP contribution in [-0.4, -0.2) is 9.55 Å². The number of aromatic amines is 1. The maximum absolute atomic E-state index is 5.46. The second-order valence-electron chi connectivity index (χ2n) is 4.55. The fourth-order valence-electron chi connectivity index (χ4n) is 2.36. The predicted molar refractivity (Wildman–Crippen MR) is 85.1 cm³/mol. The summed E-state index contributed by atoms with van der Waals surface area (Å²) in [5, 5.41) is 0. The summed E-state index contributed by atoms with van der Waals surface area (Å²) in [6.45, 7) is 2.17. The summed E-state index contributed by atoms with van der Waals surface area (Å²) in [6, 6.07) is 16.8. The second kappa shape index (κ2) is 4.94. The summed E-state index contributed by atoms with van der Waals surface area (Å²) in [5.74, 6) is 0. The normalized spacial score (nSPS) is 12.7. The van der Waals surface area contributed by atoms with E-state index in [2.05, 4.69) is 62.7 Å². The molecule has 2 nitrogen and oxygen atoms in total. The van der Waals surface area contributed by atoms with E-state index in [9.17, 15) is 0 Å². The van der Waals surface area contributed by atoms with Gasteiger partial charge in [0, 0.05) is 4.47 Å². The lowest BCUT2D eigenvalue weighted by Gasteiger charge is -2.15. The summed E-state index contributed by atoms with van der Waals surface area (Å²) >= 11 is 8.98. The molecule has 96 valence electrons. The molecule has 0 aliphatic heterocycles. The number of benzene rings is 2. The summed E-state index contributed by atoms with van der Waals surface area (Å²) in [7, 11) is 0. The van der Waals surface area contributed by atoms with Crippen LogP contribution in [0.5, 0.6) is 0 Å². The first-order chi connectivity index (χ1) is 9.16. The standard InChI is InChI=1S/C15H13BrN2S/c1-10(11-5-3-2-4-6-11)18-14-9-12(16)7-8-13(14)17-15(18)19/h2-10H,1H3,(H,17,19). The van der Waals surface area contributed by atoms with Crippen LogP contribution in [0, 0.1) is 4.77 Å². The molecular formula is C15H13BrN2S. The fourth-order valence-corrected chi connectivity index (χ4v) is 3.08. The minimum Gasteiger partial charge on any atom is -0.331 e. The Morgan fingerprint density at radius 1 is 1.16 bits per heavy atom. The molecule has 0 radical (unpaired) electrons. The number of aromatic nitrogens is 2. The van der Waals surface area contributed by atoms with Gasteiger partial charge in [0.05, 0.1) is 17.1 Å². The van der Waals surface area contributed by atoms with Crippen LogP contribution in [0.25, 0.3) is 11.0 Å². The van der Waals surface area contributed by atoms with Gasteiger partial charge in [-0.15, -0.1) is 0 Å². The predicted octanol–water partition coefficient (Wildman–Crippen LogP) is 5.07. The molecule has 4 heteroatoms. The third-order valence-corrected chi connectivity index (χ3v) is 4.14.